The minimum atomic E-state index is -0.954. The molecule has 1 aromatic rings. The van der Waals surface area contributed by atoms with Gasteiger partial charge < -0.3 is 5.11 Å². The summed E-state index contributed by atoms with van der Waals surface area (Å²) >= 11 is 1.49. The van der Waals surface area contributed by atoms with Gasteiger partial charge in [0.1, 0.15) is 0 Å². The van der Waals surface area contributed by atoms with Crippen molar-refractivity contribution >= 4 is 29.5 Å². The molecule has 1 aliphatic rings. The summed E-state index contributed by atoms with van der Waals surface area (Å²) in [5, 5.41) is 8.77. The highest BCUT2D eigenvalue weighted by Gasteiger charge is 2.27. The van der Waals surface area contributed by atoms with E-state index < -0.39 is 5.97 Å². The van der Waals surface area contributed by atoms with E-state index in [4.69, 9.17) is 5.11 Å². The number of rotatable bonds is 5. The van der Waals surface area contributed by atoms with Gasteiger partial charge in [-0.25, -0.2) is 4.79 Å². The maximum Gasteiger partial charge on any atom is 0.335 e. The number of nitrogens with zero attached hydrogens (tertiary/aromatic N) is 1. The lowest BCUT2D eigenvalue weighted by Crippen LogP contribution is -2.31. The first-order chi connectivity index (χ1) is 9.08. The quantitative estimate of drug-likeness (QED) is 0.655. The Kier molecular flexibility index (Phi) is 4.21. The Morgan fingerprint density at radius 2 is 1.74 bits per heavy atom. The summed E-state index contributed by atoms with van der Waals surface area (Å²) in [7, 11) is 0. The van der Waals surface area contributed by atoms with Crippen molar-refractivity contribution in [2.24, 2.45) is 0 Å². The lowest BCUT2D eigenvalue weighted by Gasteiger charge is -2.12. The van der Waals surface area contributed by atoms with Crippen molar-refractivity contribution in [1.82, 2.24) is 4.90 Å². The molecule has 100 valence electrons. The highest BCUT2D eigenvalue weighted by Crippen LogP contribution is 2.20. The first-order valence-corrected chi connectivity index (χ1v) is 6.86. The molecule has 1 aliphatic heterocycles. The molecule has 0 bridgehead atoms. The van der Waals surface area contributed by atoms with Crippen LogP contribution in [0.4, 0.5) is 0 Å². The summed E-state index contributed by atoms with van der Waals surface area (Å²) in [6.45, 7) is 0.406. The van der Waals surface area contributed by atoms with E-state index in [1.165, 1.54) is 28.8 Å². The van der Waals surface area contributed by atoms with Crippen LogP contribution in [0, 0.1) is 0 Å². The lowest BCUT2D eigenvalue weighted by atomic mass is 10.2. The number of carbonyl (C=O) groups is 3. The smallest absolute Gasteiger partial charge is 0.335 e. The summed E-state index contributed by atoms with van der Waals surface area (Å²) in [6.07, 6.45) is 0.633. The molecule has 0 saturated carbocycles. The molecule has 0 radical (unpaired) electrons. The van der Waals surface area contributed by atoms with Crippen LogP contribution >= 0.6 is 11.8 Å². The maximum absolute atomic E-state index is 11.4. The molecule has 2 amide bonds. The van der Waals surface area contributed by atoms with E-state index in [0.717, 1.165) is 4.90 Å². The molecule has 19 heavy (non-hydrogen) atoms. The van der Waals surface area contributed by atoms with Gasteiger partial charge in [0.05, 0.1) is 5.56 Å². The molecule has 5 nitrogen and oxygen atoms in total. The van der Waals surface area contributed by atoms with Gasteiger partial charge in [0.2, 0.25) is 11.8 Å². The van der Waals surface area contributed by atoms with E-state index in [9.17, 15) is 14.4 Å². The molecule has 0 atom stereocenters. The Balaban J connectivity index is 1.84. The van der Waals surface area contributed by atoms with Crippen LogP contribution in [0.5, 0.6) is 0 Å². The monoisotopic (exact) mass is 279 g/mol. The van der Waals surface area contributed by atoms with Gasteiger partial charge >= 0.3 is 5.97 Å². The molecule has 1 saturated heterocycles. The average molecular weight is 279 g/mol. The van der Waals surface area contributed by atoms with Gasteiger partial charge in [0.25, 0.3) is 0 Å². The number of aromatic carboxylic acids is 1. The van der Waals surface area contributed by atoms with E-state index in [0.29, 0.717) is 25.1 Å². The van der Waals surface area contributed by atoms with Crippen LogP contribution in [0.15, 0.2) is 29.2 Å². The van der Waals surface area contributed by atoms with Crippen molar-refractivity contribution in [2.75, 3.05) is 12.3 Å². The number of carboxylic acids is 1. The fraction of sp³-hybridized carbons (Fsp3) is 0.308. The van der Waals surface area contributed by atoms with Crippen molar-refractivity contribution in [3.05, 3.63) is 29.8 Å². The predicted molar refractivity (Wildman–Crippen MR) is 70.1 cm³/mol. The van der Waals surface area contributed by atoms with Crippen LogP contribution in [-0.2, 0) is 9.59 Å². The van der Waals surface area contributed by atoms with Crippen LogP contribution in [0.1, 0.15) is 23.2 Å². The number of hydrogen-bond donors (Lipinski definition) is 1. The van der Waals surface area contributed by atoms with Gasteiger partial charge in [-0.3, -0.25) is 14.5 Å². The van der Waals surface area contributed by atoms with Crippen LogP contribution < -0.4 is 0 Å². The zero-order valence-electron chi connectivity index (χ0n) is 10.2. The topological polar surface area (TPSA) is 74.7 Å². The Bertz CT molecular complexity index is 496. The summed E-state index contributed by atoms with van der Waals surface area (Å²) in [5.74, 6) is -0.548. The number of thioether (sulfide) groups is 1. The SMILES string of the molecule is O=C(O)c1ccc(SCCN2C(=O)CCC2=O)cc1. The summed E-state index contributed by atoms with van der Waals surface area (Å²) < 4.78 is 0. The standard InChI is InChI=1S/C13H13NO4S/c15-11-5-6-12(16)14(11)7-8-19-10-3-1-9(2-4-10)13(17)18/h1-4H,5-8H2,(H,17,18). The summed E-state index contributed by atoms with van der Waals surface area (Å²) in [5.41, 5.74) is 0.245. The number of carboxylic acid groups (broad SMARTS) is 1. The fourth-order valence-corrected chi connectivity index (χ4v) is 2.66. The first kappa shape index (κ1) is 13.6. The van der Waals surface area contributed by atoms with Crippen LogP contribution in [0.3, 0.4) is 0 Å². The second-order valence-electron chi connectivity index (χ2n) is 4.12. The molecule has 0 aromatic heterocycles. The second kappa shape index (κ2) is 5.88. The summed E-state index contributed by atoms with van der Waals surface area (Å²) in [6, 6.07) is 6.52. The van der Waals surface area contributed by atoms with Gasteiger partial charge in [-0.1, -0.05) is 0 Å². The fourth-order valence-electron chi connectivity index (χ4n) is 1.82. The van der Waals surface area contributed by atoms with Gasteiger partial charge in [-0.15, -0.1) is 11.8 Å². The van der Waals surface area contributed by atoms with Gasteiger partial charge in [-0.05, 0) is 24.3 Å². The highest BCUT2D eigenvalue weighted by molar-refractivity contribution is 7.99. The van der Waals surface area contributed by atoms with Crippen molar-refractivity contribution in [3.63, 3.8) is 0 Å². The van der Waals surface area contributed by atoms with Crippen molar-refractivity contribution < 1.29 is 19.5 Å². The molecule has 6 heteroatoms. The largest absolute Gasteiger partial charge is 0.478 e. The van der Waals surface area contributed by atoms with E-state index in [1.807, 2.05) is 0 Å². The number of benzene rings is 1. The first-order valence-electron chi connectivity index (χ1n) is 5.87. The highest BCUT2D eigenvalue weighted by atomic mass is 32.2. The third kappa shape index (κ3) is 3.35. The number of carbonyl (C=O) groups excluding carboxylic acids is 2. The molecule has 1 fully saturated rings. The third-order valence-electron chi connectivity index (χ3n) is 2.84. The Labute approximate surface area is 114 Å². The molecule has 0 spiro atoms. The third-order valence-corrected chi connectivity index (χ3v) is 3.83. The zero-order valence-corrected chi connectivity index (χ0v) is 11.0. The molecular formula is C13H13NO4S. The number of likely N-dealkylation sites (tertiary alicyclic amines) is 1. The zero-order chi connectivity index (χ0) is 13.8. The second-order valence-corrected chi connectivity index (χ2v) is 5.29. The molecule has 2 rings (SSSR count). The Hall–Kier alpha value is -1.82. The molecule has 0 aliphatic carbocycles. The molecule has 1 heterocycles. The van der Waals surface area contributed by atoms with E-state index >= 15 is 0 Å². The molecular weight excluding hydrogens is 266 g/mol. The van der Waals surface area contributed by atoms with Crippen molar-refractivity contribution in [2.45, 2.75) is 17.7 Å². The minimum absolute atomic E-state index is 0.105. The van der Waals surface area contributed by atoms with E-state index in [-0.39, 0.29) is 17.4 Å². The van der Waals surface area contributed by atoms with Crippen molar-refractivity contribution in [3.8, 4) is 0 Å². The number of hydrogen-bond acceptors (Lipinski definition) is 4. The van der Waals surface area contributed by atoms with Crippen LogP contribution in [0.25, 0.3) is 0 Å². The Morgan fingerprint density at radius 1 is 1.16 bits per heavy atom. The van der Waals surface area contributed by atoms with Gasteiger partial charge in [0, 0.05) is 30.0 Å². The van der Waals surface area contributed by atoms with Gasteiger partial charge in [-0.2, -0.15) is 0 Å². The normalized spacial score (nSPS) is 15.1. The molecule has 1 N–H and O–H groups in total. The predicted octanol–water partition coefficient (Wildman–Crippen LogP) is 1.63. The minimum Gasteiger partial charge on any atom is -0.478 e. The van der Waals surface area contributed by atoms with E-state index in [1.54, 1.807) is 12.1 Å². The Morgan fingerprint density at radius 3 is 2.26 bits per heavy atom. The van der Waals surface area contributed by atoms with E-state index in [2.05, 4.69) is 0 Å². The lowest BCUT2D eigenvalue weighted by molar-refractivity contribution is -0.137. The van der Waals surface area contributed by atoms with Crippen LogP contribution in [-0.4, -0.2) is 40.1 Å². The summed E-state index contributed by atoms with van der Waals surface area (Å²) in [4.78, 5) is 35.6. The molecule has 0 unspecified atom stereocenters. The maximum atomic E-state index is 11.4. The van der Waals surface area contributed by atoms with Gasteiger partial charge in [0.15, 0.2) is 0 Å². The van der Waals surface area contributed by atoms with Crippen LogP contribution in [0.2, 0.25) is 0 Å². The number of amides is 2. The molecule has 1 aromatic carbocycles. The average Bonchev–Trinajstić information content (AvgIpc) is 2.71. The van der Waals surface area contributed by atoms with Crippen molar-refractivity contribution in [1.29, 1.82) is 0 Å². The number of imide groups is 1.